The number of nitrogens with two attached hydrogens (primary N) is 1. The van der Waals surface area contributed by atoms with Crippen molar-refractivity contribution >= 4 is 23.3 Å². The molecule has 2 N–H and O–H groups in total. The first-order chi connectivity index (χ1) is 9.11. The largest absolute Gasteiger partial charge is 0.462 e. The molecule has 0 unspecified atom stereocenters. The van der Waals surface area contributed by atoms with Gasteiger partial charge in [0.2, 0.25) is 5.95 Å². The second-order valence-corrected chi connectivity index (χ2v) is 4.46. The van der Waals surface area contributed by atoms with Crippen LogP contribution in [0, 0.1) is 0 Å². The van der Waals surface area contributed by atoms with Crippen LogP contribution in [0.5, 0.6) is 0 Å². The van der Waals surface area contributed by atoms with Gasteiger partial charge >= 0.3 is 10.8 Å². The van der Waals surface area contributed by atoms with Crippen LogP contribution in [0.3, 0.4) is 0 Å². The van der Waals surface area contributed by atoms with Gasteiger partial charge in [-0.15, -0.1) is 0 Å². The number of rotatable bonds is 4. The summed E-state index contributed by atoms with van der Waals surface area (Å²) in [6.07, 6.45) is 2.94. The van der Waals surface area contributed by atoms with E-state index in [4.69, 9.17) is 10.5 Å². The molecule has 0 aromatic carbocycles. The molecule has 100 valence electrons. The summed E-state index contributed by atoms with van der Waals surface area (Å²) in [5.41, 5.74) is 6.09. The van der Waals surface area contributed by atoms with E-state index in [1.807, 2.05) is 0 Å². The van der Waals surface area contributed by atoms with Crippen molar-refractivity contribution in [1.82, 2.24) is 14.5 Å². The van der Waals surface area contributed by atoms with Crippen LogP contribution in [0.15, 0.2) is 22.6 Å². The van der Waals surface area contributed by atoms with Crippen molar-refractivity contribution in [2.75, 3.05) is 12.3 Å². The predicted octanol–water partition coefficient (Wildman–Crippen LogP) is 0.507. The first-order valence-corrected chi connectivity index (χ1v) is 6.42. The van der Waals surface area contributed by atoms with Crippen molar-refractivity contribution in [1.29, 1.82) is 0 Å². The van der Waals surface area contributed by atoms with E-state index in [1.165, 1.54) is 10.8 Å². The number of nitrogen functional groups attached to an aromatic ring is 1. The van der Waals surface area contributed by atoms with Crippen LogP contribution in [0.25, 0.3) is 0 Å². The van der Waals surface area contributed by atoms with Gasteiger partial charge in [-0.25, -0.2) is 14.8 Å². The summed E-state index contributed by atoms with van der Waals surface area (Å²) >= 11 is 1.07. The summed E-state index contributed by atoms with van der Waals surface area (Å²) in [6, 6.07) is 0. The van der Waals surface area contributed by atoms with Crippen molar-refractivity contribution in [3.05, 3.63) is 38.7 Å². The number of carbonyl (C=O) groups excluding carboxylic acids is 1. The Balaban J connectivity index is 2.38. The van der Waals surface area contributed by atoms with Crippen LogP contribution in [-0.4, -0.2) is 27.1 Å². The molecule has 2 rings (SSSR count). The SMILES string of the molecule is CCOC(=O)c1cnc(N)nc1Cn1ccsc1=O. The number of hydrogen-bond donors (Lipinski definition) is 1. The second kappa shape index (κ2) is 5.61. The smallest absolute Gasteiger partial charge is 0.341 e. The molecule has 0 aliphatic carbocycles. The molecule has 0 fully saturated rings. The van der Waals surface area contributed by atoms with Gasteiger partial charge in [0, 0.05) is 17.8 Å². The summed E-state index contributed by atoms with van der Waals surface area (Å²) in [4.78, 5) is 30.9. The van der Waals surface area contributed by atoms with Gasteiger partial charge in [0.05, 0.1) is 18.8 Å². The maximum Gasteiger partial charge on any atom is 0.341 e. The fourth-order valence-corrected chi connectivity index (χ4v) is 2.09. The maximum atomic E-state index is 11.8. The minimum absolute atomic E-state index is 0.0475. The molecule has 0 aliphatic heterocycles. The molecule has 8 heteroatoms. The van der Waals surface area contributed by atoms with Crippen LogP contribution >= 0.6 is 11.3 Å². The molecule has 0 aliphatic rings. The molecule has 2 aromatic heterocycles. The van der Waals surface area contributed by atoms with Gasteiger partial charge in [-0.2, -0.15) is 0 Å². The zero-order valence-electron chi connectivity index (χ0n) is 10.2. The van der Waals surface area contributed by atoms with Gasteiger partial charge in [-0.1, -0.05) is 11.3 Å². The van der Waals surface area contributed by atoms with Crippen LogP contribution in [0.1, 0.15) is 23.0 Å². The third-order valence-electron chi connectivity index (χ3n) is 2.35. The predicted molar refractivity (Wildman–Crippen MR) is 70.1 cm³/mol. The fourth-order valence-electron chi connectivity index (χ4n) is 1.50. The number of thiazole rings is 1. The third-order valence-corrected chi connectivity index (χ3v) is 3.04. The van der Waals surface area contributed by atoms with Crippen LogP contribution in [0.4, 0.5) is 5.95 Å². The quantitative estimate of drug-likeness (QED) is 0.819. The maximum absolute atomic E-state index is 11.8. The molecule has 0 atom stereocenters. The summed E-state index contributed by atoms with van der Waals surface area (Å²) in [5.74, 6) is -0.480. The van der Waals surface area contributed by atoms with Crippen molar-refractivity contribution in [3.63, 3.8) is 0 Å². The highest BCUT2D eigenvalue weighted by molar-refractivity contribution is 7.07. The minimum Gasteiger partial charge on any atom is -0.462 e. The lowest BCUT2D eigenvalue weighted by atomic mass is 10.2. The zero-order chi connectivity index (χ0) is 13.8. The Morgan fingerprint density at radius 1 is 1.58 bits per heavy atom. The number of anilines is 1. The molecule has 19 heavy (non-hydrogen) atoms. The Labute approximate surface area is 112 Å². The summed E-state index contributed by atoms with van der Waals surface area (Å²) in [6.45, 7) is 2.11. The summed E-state index contributed by atoms with van der Waals surface area (Å²) in [5, 5.41) is 1.66. The topological polar surface area (TPSA) is 100 Å². The molecule has 0 saturated heterocycles. The zero-order valence-corrected chi connectivity index (χ0v) is 11.0. The standard InChI is InChI=1S/C11H12N4O3S/c1-2-18-9(16)7-5-13-10(12)14-8(7)6-15-3-4-19-11(15)17/h3-5H,2,6H2,1H3,(H2,12,13,14). The molecule has 7 nitrogen and oxygen atoms in total. The monoisotopic (exact) mass is 280 g/mol. The number of carbonyl (C=O) groups is 1. The van der Waals surface area contributed by atoms with E-state index in [0.717, 1.165) is 11.3 Å². The molecule has 0 spiro atoms. The highest BCUT2D eigenvalue weighted by Gasteiger charge is 2.16. The third kappa shape index (κ3) is 2.97. The van der Waals surface area contributed by atoms with Crippen LogP contribution in [0.2, 0.25) is 0 Å². The van der Waals surface area contributed by atoms with E-state index in [2.05, 4.69) is 9.97 Å². The van der Waals surface area contributed by atoms with Gasteiger partial charge < -0.3 is 10.5 Å². The van der Waals surface area contributed by atoms with Gasteiger partial charge in [-0.05, 0) is 6.92 Å². The first kappa shape index (κ1) is 13.2. The minimum atomic E-state index is -0.527. The van der Waals surface area contributed by atoms with E-state index < -0.39 is 5.97 Å². The lowest BCUT2D eigenvalue weighted by molar-refractivity contribution is 0.0524. The molecule has 0 amide bonds. The van der Waals surface area contributed by atoms with E-state index >= 15 is 0 Å². The van der Waals surface area contributed by atoms with Gasteiger partial charge in [0.15, 0.2) is 0 Å². The normalized spacial score (nSPS) is 10.4. The fraction of sp³-hybridized carbons (Fsp3) is 0.273. The second-order valence-electron chi connectivity index (χ2n) is 3.61. The lowest BCUT2D eigenvalue weighted by Crippen LogP contribution is -2.18. The first-order valence-electron chi connectivity index (χ1n) is 5.54. The van der Waals surface area contributed by atoms with Crippen molar-refractivity contribution in [2.45, 2.75) is 13.5 Å². The number of aromatic nitrogens is 3. The highest BCUT2D eigenvalue weighted by Crippen LogP contribution is 2.10. The Morgan fingerprint density at radius 3 is 3.00 bits per heavy atom. The number of hydrogen-bond acceptors (Lipinski definition) is 7. The van der Waals surface area contributed by atoms with Gasteiger partial charge in [0.25, 0.3) is 0 Å². The molecule has 2 heterocycles. The van der Waals surface area contributed by atoms with E-state index in [0.29, 0.717) is 5.69 Å². The lowest BCUT2D eigenvalue weighted by Gasteiger charge is -2.08. The van der Waals surface area contributed by atoms with Gasteiger partial charge in [-0.3, -0.25) is 9.36 Å². The Kier molecular flexibility index (Phi) is 3.91. The van der Waals surface area contributed by atoms with E-state index in [9.17, 15) is 9.59 Å². The van der Waals surface area contributed by atoms with Gasteiger partial charge in [0.1, 0.15) is 5.56 Å². The van der Waals surface area contributed by atoms with Crippen molar-refractivity contribution < 1.29 is 9.53 Å². The highest BCUT2D eigenvalue weighted by atomic mass is 32.1. The number of ether oxygens (including phenoxy) is 1. The average Bonchev–Trinajstić information content (AvgIpc) is 2.75. The van der Waals surface area contributed by atoms with Crippen molar-refractivity contribution in [3.8, 4) is 0 Å². The Bertz CT molecular complexity index is 649. The number of esters is 1. The Hall–Kier alpha value is -2.22. The molecule has 2 aromatic rings. The summed E-state index contributed by atoms with van der Waals surface area (Å²) < 4.78 is 6.35. The molecule has 0 radical (unpaired) electrons. The molecular weight excluding hydrogens is 268 g/mol. The average molecular weight is 280 g/mol. The molecule has 0 saturated carbocycles. The Morgan fingerprint density at radius 2 is 2.37 bits per heavy atom. The van der Waals surface area contributed by atoms with E-state index in [-0.39, 0.29) is 29.5 Å². The van der Waals surface area contributed by atoms with E-state index in [1.54, 1.807) is 18.5 Å². The molecular formula is C11H12N4O3S. The van der Waals surface area contributed by atoms with Crippen LogP contribution < -0.4 is 10.6 Å². The molecule has 0 bridgehead atoms. The number of nitrogens with zero attached hydrogens (tertiary/aromatic N) is 3. The van der Waals surface area contributed by atoms with Crippen molar-refractivity contribution in [2.24, 2.45) is 0 Å². The van der Waals surface area contributed by atoms with Crippen LogP contribution in [-0.2, 0) is 11.3 Å². The summed E-state index contributed by atoms with van der Waals surface area (Å²) in [7, 11) is 0.